The molecule has 0 atom stereocenters. The molecule has 3 nitrogen and oxygen atoms in total. The first-order chi connectivity index (χ1) is 11.0. The van der Waals surface area contributed by atoms with Crippen LogP contribution in [0, 0.1) is 0 Å². The summed E-state index contributed by atoms with van der Waals surface area (Å²) in [6.45, 7) is 4.06. The molecule has 0 aliphatic rings. The maximum absolute atomic E-state index is 12.5. The van der Waals surface area contributed by atoms with Gasteiger partial charge in [-0.05, 0) is 31.9 Å². The van der Waals surface area contributed by atoms with Crippen LogP contribution in [0.5, 0.6) is 11.5 Å². The van der Waals surface area contributed by atoms with Crippen molar-refractivity contribution in [2.75, 3.05) is 7.11 Å². The average molecular weight is 310 g/mol. The molecule has 23 heavy (non-hydrogen) atoms. The Hall–Kier alpha value is -2.55. The Morgan fingerprint density at radius 3 is 2.48 bits per heavy atom. The second kappa shape index (κ2) is 7.63. The van der Waals surface area contributed by atoms with Gasteiger partial charge in [-0.25, -0.2) is 0 Å². The largest absolute Gasteiger partial charge is 0.508 e. The van der Waals surface area contributed by atoms with E-state index in [1.165, 1.54) is 5.57 Å². The normalized spacial score (nSPS) is 10.2. The maximum atomic E-state index is 12.5. The third-order valence-electron chi connectivity index (χ3n) is 3.67. The van der Waals surface area contributed by atoms with E-state index >= 15 is 0 Å². The fourth-order valence-corrected chi connectivity index (χ4v) is 2.46. The molecule has 0 fully saturated rings. The van der Waals surface area contributed by atoms with Gasteiger partial charge in [0.05, 0.1) is 7.11 Å². The van der Waals surface area contributed by atoms with Crippen molar-refractivity contribution in [2.45, 2.75) is 26.7 Å². The molecule has 1 N–H and O–H groups in total. The second-order valence-corrected chi connectivity index (χ2v) is 5.74. The smallest absolute Gasteiger partial charge is 0.167 e. The number of aromatic hydroxyl groups is 1. The number of methoxy groups -OCH3 is 1. The van der Waals surface area contributed by atoms with Crippen LogP contribution in [0.3, 0.4) is 0 Å². The van der Waals surface area contributed by atoms with E-state index in [1.54, 1.807) is 31.4 Å². The number of hydrogen-bond donors (Lipinski definition) is 1. The van der Waals surface area contributed by atoms with Crippen molar-refractivity contribution in [2.24, 2.45) is 0 Å². The van der Waals surface area contributed by atoms with Crippen molar-refractivity contribution in [1.82, 2.24) is 0 Å². The molecular weight excluding hydrogens is 288 g/mol. The summed E-state index contributed by atoms with van der Waals surface area (Å²) in [5.74, 6) is 0.744. The molecule has 0 aromatic heterocycles. The van der Waals surface area contributed by atoms with Gasteiger partial charge in [-0.1, -0.05) is 42.0 Å². The van der Waals surface area contributed by atoms with E-state index in [0.717, 1.165) is 11.1 Å². The first-order valence-corrected chi connectivity index (χ1v) is 7.61. The topological polar surface area (TPSA) is 46.5 Å². The van der Waals surface area contributed by atoms with E-state index in [0.29, 0.717) is 17.7 Å². The second-order valence-electron chi connectivity index (χ2n) is 5.74. The molecule has 2 rings (SSSR count). The summed E-state index contributed by atoms with van der Waals surface area (Å²) in [5.41, 5.74) is 3.60. The van der Waals surface area contributed by atoms with Crippen molar-refractivity contribution in [3.8, 4) is 11.5 Å². The molecular formula is C20H22O3. The number of allylic oxidation sites excluding steroid dienone is 2. The van der Waals surface area contributed by atoms with Gasteiger partial charge in [0.15, 0.2) is 5.78 Å². The number of phenols is 1. The van der Waals surface area contributed by atoms with Crippen LogP contribution in [0.1, 0.15) is 35.3 Å². The quantitative estimate of drug-likeness (QED) is 0.638. The van der Waals surface area contributed by atoms with Crippen LogP contribution >= 0.6 is 0 Å². The molecule has 0 amide bonds. The molecule has 0 saturated heterocycles. The van der Waals surface area contributed by atoms with Gasteiger partial charge in [0, 0.05) is 23.6 Å². The highest BCUT2D eigenvalue weighted by Gasteiger charge is 2.15. The van der Waals surface area contributed by atoms with E-state index in [-0.39, 0.29) is 18.0 Å². The Bertz CT molecular complexity index is 711. The monoisotopic (exact) mass is 310 g/mol. The number of ketones is 1. The van der Waals surface area contributed by atoms with Crippen LogP contribution in [0.2, 0.25) is 0 Å². The van der Waals surface area contributed by atoms with Crippen LogP contribution in [-0.2, 0) is 12.8 Å². The highest BCUT2D eigenvalue weighted by molar-refractivity contribution is 5.97. The number of carbonyl (C=O) groups is 1. The summed E-state index contributed by atoms with van der Waals surface area (Å²) >= 11 is 0. The number of ether oxygens (including phenoxy) is 1. The Balaban J connectivity index is 2.38. The molecule has 0 aliphatic carbocycles. The van der Waals surface area contributed by atoms with Crippen molar-refractivity contribution in [3.63, 3.8) is 0 Å². The molecule has 0 heterocycles. The third-order valence-corrected chi connectivity index (χ3v) is 3.67. The lowest BCUT2D eigenvalue weighted by Crippen LogP contribution is -2.07. The van der Waals surface area contributed by atoms with Crippen molar-refractivity contribution in [3.05, 3.63) is 70.8 Å². The fraction of sp³-hybridized carbons (Fsp3) is 0.250. The lowest BCUT2D eigenvalue weighted by Gasteiger charge is -2.14. The minimum atomic E-state index is 0.0247. The van der Waals surface area contributed by atoms with E-state index in [4.69, 9.17) is 4.74 Å². The number of Topliss-reactive ketones (excluding diaryl/α,β-unsaturated/α-hetero) is 1. The Labute approximate surface area is 137 Å². The minimum absolute atomic E-state index is 0.0247. The predicted octanol–water partition coefficient (Wildman–Crippen LogP) is 4.33. The zero-order valence-corrected chi connectivity index (χ0v) is 13.8. The van der Waals surface area contributed by atoms with Gasteiger partial charge in [0.1, 0.15) is 11.5 Å². The van der Waals surface area contributed by atoms with Gasteiger partial charge >= 0.3 is 0 Å². The molecule has 0 spiro atoms. The summed E-state index contributed by atoms with van der Waals surface area (Å²) in [6, 6.07) is 12.4. The molecule has 120 valence electrons. The van der Waals surface area contributed by atoms with Gasteiger partial charge in [-0.15, -0.1) is 0 Å². The average Bonchev–Trinajstić information content (AvgIpc) is 2.54. The predicted molar refractivity (Wildman–Crippen MR) is 92.3 cm³/mol. The zero-order valence-electron chi connectivity index (χ0n) is 13.8. The van der Waals surface area contributed by atoms with E-state index in [1.807, 2.05) is 32.0 Å². The van der Waals surface area contributed by atoms with Gasteiger partial charge in [0.2, 0.25) is 0 Å². The molecule has 2 aromatic carbocycles. The molecule has 0 saturated carbocycles. The van der Waals surface area contributed by atoms with Gasteiger partial charge in [-0.2, -0.15) is 0 Å². The van der Waals surface area contributed by atoms with Gasteiger partial charge < -0.3 is 9.84 Å². The van der Waals surface area contributed by atoms with Crippen LogP contribution in [0.15, 0.2) is 54.1 Å². The Morgan fingerprint density at radius 2 is 1.87 bits per heavy atom. The fourth-order valence-electron chi connectivity index (χ4n) is 2.46. The number of rotatable bonds is 6. The van der Waals surface area contributed by atoms with Crippen LogP contribution < -0.4 is 4.74 Å². The summed E-state index contributed by atoms with van der Waals surface area (Å²) in [7, 11) is 1.57. The van der Waals surface area contributed by atoms with Crippen LogP contribution in [0.25, 0.3) is 0 Å². The Morgan fingerprint density at radius 1 is 1.17 bits per heavy atom. The highest BCUT2D eigenvalue weighted by atomic mass is 16.5. The molecule has 0 radical (unpaired) electrons. The zero-order chi connectivity index (χ0) is 16.8. The summed E-state index contributed by atoms with van der Waals surface area (Å²) < 4.78 is 5.39. The standard InChI is InChI=1S/C20H22O3/c1-14(2)9-10-18-16(11-17(21)13-20(18)23-3)12-19(22)15-7-5-4-6-8-15/h4-9,11,13,21H,10,12H2,1-3H3. The van der Waals surface area contributed by atoms with E-state index < -0.39 is 0 Å². The molecule has 0 bridgehead atoms. The first kappa shape index (κ1) is 16.8. The first-order valence-electron chi connectivity index (χ1n) is 7.61. The minimum Gasteiger partial charge on any atom is -0.508 e. The van der Waals surface area contributed by atoms with Crippen molar-refractivity contribution < 1.29 is 14.6 Å². The number of carbonyl (C=O) groups excluding carboxylic acids is 1. The summed E-state index contributed by atoms with van der Waals surface area (Å²) in [4.78, 5) is 12.5. The highest BCUT2D eigenvalue weighted by Crippen LogP contribution is 2.30. The van der Waals surface area contributed by atoms with Crippen LogP contribution in [0.4, 0.5) is 0 Å². The van der Waals surface area contributed by atoms with E-state index in [2.05, 4.69) is 6.08 Å². The lowest BCUT2D eigenvalue weighted by atomic mass is 9.95. The third kappa shape index (κ3) is 4.46. The summed E-state index contributed by atoms with van der Waals surface area (Å²) in [5, 5.41) is 9.90. The molecule has 0 unspecified atom stereocenters. The Kier molecular flexibility index (Phi) is 5.58. The molecule has 3 heteroatoms. The van der Waals surface area contributed by atoms with Gasteiger partial charge in [-0.3, -0.25) is 4.79 Å². The van der Waals surface area contributed by atoms with Gasteiger partial charge in [0.25, 0.3) is 0 Å². The number of phenolic OH excluding ortho intramolecular Hbond substituents is 1. The SMILES string of the molecule is COc1cc(O)cc(CC(=O)c2ccccc2)c1CC=C(C)C. The summed E-state index contributed by atoms with van der Waals surface area (Å²) in [6.07, 6.45) is 3.00. The number of hydrogen-bond acceptors (Lipinski definition) is 3. The van der Waals surface area contributed by atoms with Crippen LogP contribution in [-0.4, -0.2) is 18.0 Å². The molecule has 0 aliphatic heterocycles. The number of benzene rings is 2. The van der Waals surface area contributed by atoms with Crippen molar-refractivity contribution in [1.29, 1.82) is 0 Å². The maximum Gasteiger partial charge on any atom is 0.167 e. The van der Waals surface area contributed by atoms with Crippen molar-refractivity contribution >= 4 is 5.78 Å². The molecule has 2 aromatic rings. The van der Waals surface area contributed by atoms with E-state index in [9.17, 15) is 9.90 Å². The lowest BCUT2D eigenvalue weighted by molar-refractivity contribution is 0.0992.